The zero-order valence-electron chi connectivity index (χ0n) is 17.7. The first-order valence-corrected chi connectivity index (χ1v) is 11.3. The van der Waals surface area contributed by atoms with Crippen molar-refractivity contribution >= 4 is 16.7 Å². The molecule has 2 fully saturated rings. The summed E-state index contributed by atoms with van der Waals surface area (Å²) in [4.78, 5) is 29.4. The predicted octanol–water partition coefficient (Wildman–Crippen LogP) is 3.20. The maximum Gasteiger partial charge on any atom is 0.289 e. The fraction of sp³-hybridized carbons (Fsp3) is 0.458. The summed E-state index contributed by atoms with van der Waals surface area (Å²) in [6.07, 6.45) is 7.03. The minimum absolute atomic E-state index is 0.0474. The molecule has 2 aliphatic rings. The highest BCUT2D eigenvalue weighted by molar-refractivity contribution is 5.91. The van der Waals surface area contributed by atoms with Crippen molar-refractivity contribution in [1.82, 2.24) is 20.0 Å². The Kier molecular flexibility index (Phi) is 5.59. The second kappa shape index (κ2) is 8.67. The van der Waals surface area contributed by atoms with Crippen molar-refractivity contribution in [3.05, 3.63) is 64.0 Å². The van der Waals surface area contributed by atoms with Crippen LogP contribution in [-0.2, 0) is 6.42 Å². The van der Waals surface area contributed by atoms with Gasteiger partial charge in [-0.2, -0.15) is 5.10 Å². The van der Waals surface area contributed by atoms with E-state index in [0.717, 1.165) is 37.3 Å². The maximum atomic E-state index is 13.0. The zero-order valence-corrected chi connectivity index (χ0v) is 17.7. The van der Waals surface area contributed by atoms with E-state index in [1.54, 1.807) is 12.1 Å². The van der Waals surface area contributed by atoms with Gasteiger partial charge >= 0.3 is 0 Å². The normalized spacial score (nSPS) is 18.5. The molecule has 1 aliphatic heterocycles. The molecule has 0 unspecified atom stereocenters. The largest absolute Gasteiger partial charge is 0.456 e. The number of furan rings is 1. The highest BCUT2D eigenvalue weighted by atomic mass is 16.4. The lowest BCUT2D eigenvalue weighted by Gasteiger charge is -2.40. The predicted molar refractivity (Wildman–Crippen MR) is 118 cm³/mol. The number of carbonyl (C=O) groups excluding carboxylic acids is 1. The molecule has 1 saturated heterocycles. The molecular formula is C24H28N4O3. The first-order valence-electron chi connectivity index (χ1n) is 11.3. The third kappa shape index (κ3) is 4.14. The molecule has 1 aliphatic carbocycles. The molecule has 0 atom stereocenters. The molecule has 31 heavy (non-hydrogen) atoms. The van der Waals surface area contributed by atoms with Gasteiger partial charge in [0.1, 0.15) is 5.76 Å². The standard InChI is InChI=1S/C24H28N4O3/c29-23-20-9-5-4-8-19(20)21(25-26-23)16-18-10-11-22(31-18)24(30)28-14-12-27(13-15-28)17-6-2-1-3-7-17/h4-5,8-11,17H,1-3,6-7,12-16H2,(H,26,29). The van der Waals surface area contributed by atoms with Gasteiger partial charge in [-0.25, -0.2) is 5.10 Å². The highest BCUT2D eigenvalue weighted by Crippen LogP contribution is 2.24. The zero-order chi connectivity index (χ0) is 21.2. The number of aromatic amines is 1. The number of hydrogen-bond donors (Lipinski definition) is 1. The number of rotatable bonds is 4. The number of nitrogens with zero attached hydrogens (tertiary/aromatic N) is 3. The van der Waals surface area contributed by atoms with Crippen molar-refractivity contribution in [1.29, 1.82) is 0 Å². The molecule has 7 nitrogen and oxygen atoms in total. The third-order valence-corrected chi connectivity index (χ3v) is 6.68. The number of carbonyl (C=O) groups is 1. The molecule has 0 radical (unpaired) electrons. The number of hydrogen-bond acceptors (Lipinski definition) is 5. The fourth-order valence-corrected chi connectivity index (χ4v) is 4.95. The third-order valence-electron chi connectivity index (χ3n) is 6.68. The summed E-state index contributed by atoms with van der Waals surface area (Å²) in [7, 11) is 0. The van der Waals surface area contributed by atoms with Gasteiger partial charge in [-0.15, -0.1) is 0 Å². The molecule has 1 aromatic carbocycles. The second-order valence-electron chi connectivity index (χ2n) is 8.61. The van der Waals surface area contributed by atoms with E-state index in [4.69, 9.17) is 4.42 Å². The number of fused-ring (bicyclic) bond motifs is 1. The lowest BCUT2D eigenvalue weighted by atomic mass is 9.94. The van der Waals surface area contributed by atoms with E-state index >= 15 is 0 Å². The summed E-state index contributed by atoms with van der Waals surface area (Å²) in [5, 5.41) is 8.15. The van der Waals surface area contributed by atoms with Crippen LogP contribution in [-0.4, -0.2) is 58.1 Å². The molecule has 3 heterocycles. The van der Waals surface area contributed by atoms with E-state index in [-0.39, 0.29) is 11.5 Å². The van der Waals surface area contributed by atoms with Crippen LogP contribution in [0, 0.1) is 0 Å². The monoisotopic (exact) mass is 420 g/mol. The summed E-state index contributed by atoms with van der Waals surface area (Å²) in [6.45, 7) is 3.38. The molecule has 7 heteroatoms. The van der Waals surface area contributed by atoms with Crippen LogP contribution in [0.25, 0.3) is 10.8 Å². The van der Waals surface area contributed by atoms with Gasteiger partial charge in [0, 0.05) is 37.6 Å². The van der Waals surface area contributed by atoms with Gasteiger partial charge in [-0.1, -0.05) is 37.5 Å². The van der Waals surface area contributed by atoms with Crippen molar-refractivity contribution in [3.63, 3.8) is 0 Å². The molecule has 5 rings (SSSR count). The first kappa shape index (κ1) is 20.0. The van der Waals surface area contributed by atoms with Crippen LogP contribution >= 0.6 is 0 Å². The molecule has 1 saturated carbocycles. The molecule has 1 N–H and O–H groups in total. The van der Waals surface area contributed by atoms with Gasteiger partial charge in [0.25, 0.3) is 11.5 Å². The van der Waals surface area contributed by atoms with Crippen molar-refractivity contribution in [2.24, 2.45) is 0 Å². The van der Waals surface area contributed by atoms with Gasteiger partial charge in [0.05, 0.1) is 17.5 Å². The highest BCUT2D eigenvalue weighted by Gasteiger charge is 2.28. The van der Waals surface area contributed by atoms with E-state index in [2.05, 4.69) is 15.1 Å². The van der Waals surface area contributed by atoms with Crippen molar-refractivity contribution in [2.75, 3.05) is 26.2 Å². The Labute approximate surface area is 181 Å². The fourth-order valence-electron chi connectivity index (χ4n) is 4.95. The minimum atomic E-state index is -0.206. The molecule has 1 amide bonds. The van der Waals surface area contributed by atoms with E-state index in [1.807, 2.05) is 29.2 Å². The Morgan fingerprint density at radius 3 is 2.52 bits per heavy atom. The SMILES string of the molecule is O=C(c1ccc(Cc2n[nH]c(=O)c3ccccc23)o1)N1CCN(C2CCCCC2)CC1. The Balaban J connectivity index is 1.24. The molecule has 2 aromatic heterocycles. The summed E-state index contributed by atoms with van der Waals surface area (Å²) in [5.74, 6) is 0.984. The van der Waals surface area contributed by atoms with Crippen LogP contribution in [0.1, 0.15) is 54.1 Å². The first-order chi connectivity index (χ1) is 15.2. The van der Waals surface area contributed by atoms with E-state index in [9.17, 15) is 9.59 Å². The Bertz CT molecular complexity index is 1120. The minimum Gasteiger partial charge on any atom is -0.456 e. The molecule has 3 aromatic rings. The van der Waals surface area contributed by atoms with E-state index in [1.165, 1.54) is 32.1 Å². The van der Waals surface area contributed by atoms with Crippen LogP contribution in [0.4, 0.5) is 0 Å². The number of amides is 1. The van der Waals surface area contributed by atoms with Gasteiger partial charge < -0.3 is 9.32 Å². The average molecular weight is 421 g/mol. The molecule has 0 spiro atoms. The summed E-state index contributed by atoms with van der Waals surface area (Å²) in [6, 6.07) is 11.7. The van der Waals surface area contributed by atoms with Gasteiger partial charge in [-0.3, -0.25) is 14.5 Å². The quantitative estimate of drug-likeness (QED) is 0.701. The van der Waals surface area contributed by atoms with Crippen LogP contribution < -0.4 is 5.56 Å². The average Bonchev–Trinajstić information content (AvgIpc) is 3.30. The summed E-state index contributed by atoms with van der Waals surface area (Å²) in [5.41, 5.74) is 0.520. The van der Waals surface area contributed by atoms with Gasteiger partial charge in [-0.05, 0) is 31.0 Å². The Hall–Kier alpha value is -2.93. The van der Waals surface area contributed by atoms with E-state index in [0.29, 0.717) is 29.4 Å². The van der Waals surface area contributed by atoms with Crippen molar-refractivity contribution in [3.8, 4) is 0 Å². The summed E-state index contributed by atoms with van der Waals surface area (Å²) < 4.78 is 5.89. The van der Waals surface area contributed by atoms with Crippen LogP contribution in [0.15, 0.2) is 45.6 Å². The van der Waals surface area contributed by atoms with Gasteiger partial charge in [0.2, 0.25) is 0 Å². The van der Waals surface area contributed by atoms with Crippen LogP contribution in [0.2, 0.25) is 0 Å². The number of piperazine rings is 1. The molecule has 0 bridgehead atoms. The Morgan fingerprint density at radius 1 is 1.00 bits per heavy atom. The van der Waals surface area contributed by atoms with Crippen molar-refractivity contribution < 1.29 is 9.21 Å². The topological polar surface area (TPSA) is 82.4 Å². The smallest absolute Gasteiger partial charge is 0.289 e. The number of nitrogens with one attached hydrogen (secondary N) is 1. The van der Waals surface area contributed by atoms with Crippen LogP contribution in [0.3, 0.4) is 0 Å². The number of H-pyrrole nitrogens is 1. The maximum absolute atomic E-state index is 13.0. The van der Waals surface area contributed by atoms with Crippen LogP contribution in [0.5, 0.6) is 0 Å². The van der Waals surface area contributed by atoms with E-state index < -0.39 is 0 Å². The molecule has 162 valence electrons. The second-order valence-corrected chi connectivity index (χ2v) is 8.61. The lowest BCUT2D eigenvalue weighted by molar-refractivity contribution is 0.0496. The number of benzene rings is 1. The lowest BCUT2D eigenvalue weighted by Crippen LogP contribution is -2.52. The molecular weight excluding hydrogens is 392 g/mol. The van der Waals surface area contributed by atoms with Crippen molar-refractivity contribution in [2.45, 2.75) is 44.6 Å². The van der Waals surface area contributed by atoms with Gasteiger partial charge in [0.15, 0.2) is 5.76 Å². The summed E-state index contributed by atoms with van der Waals surface area (Å²) >= 11 is 0. The number of aromatic nitrogens is 2. The Morgan fingerprint density at radius 2 is 1.74 bits per heavy atom.